The second-order valence-electron chi connectivity index (χ2n) is 5.75. The average Bonchev–Trinajstić information content (AvgIpc) is 2.67. The first kappa shape index (κ1) is 19.3. The molecule has 0 aromatic heterocycles. The van der Waals surface area contributed by atoms with E-state index in [0.717, 1.165) is 16.8 Å². The number of nitrogens with zero attached hydrogens (tertiary/aromatic N) is 2. The summed E-state index contributed by atoms with van der Waals surface area (Å²) in [5, 5.41) is 22.2. The van der Waals surface area contributed by atoms with Crippen LogP contribution in [0, 0.1) is 10.1 Å². The van der Waals surface area contributed by atoms with Gasteiger partial charge >= 0.3 is 0 Å². The Labute approximate surface area is 160 Å². The SMILES string of the molecule is COc1ccc2ccccc2c1C=NNc1ccc(S(N)(=O)=O)cc1[N+](=O)[O-]. The molecule has 0 amide bonds. The molecule has 3 rings (SSSR count). The minimum Gasteiger partial charge on any atom is -0.496 e. The molecule has 0 atom stereocenters. The summed E-state index contributed by atoms with van der Waals surface area (Å²) in [6.45, 7) is 0. The van der Waals surface area contributed by atoms with Crippen LogP contribution >= 0.6 is 0 Å². The molecule has 144 valence electrons. The maximum Gasteiger partial charge on any atom is 0.295 e. The first-order valence-electron chi connectivity index (χ1n) is 7.97. The van der Waals surface area contributed by atoms with Gasteiger partial charge in [-0.2, -0.15) is 5.10 Å². The topological polar surface area (TPSA) is 137 Å². The van der Waals surface area contributed by atoms with Crippen molar-refractivity contribution in [3.05, 3.63) is 70.3 Å². The lowest BCUT2D eigenvalue weighted by Gasteiger charge is -2.09. The van der Waals surface area contributed by atoms with E-state index in [1.54, 1.807) is 6.07 Å². The maximum absolute atomic E-state index is 11.4. The number of nitro groups is 1. The van der Waals surface area contributed by atoms with Gasteiger partial charge in [-0.05, 0) is 29.0 Å². The Morgan fingerprint density at radius 1 is 1.18 bits per heavy atom. The molecule has 0 spiro atoms. The third-order valence-electron chi connectivity index (χ3n) is 4.02. The molecular weight excluding hydrogens is 384 g/mol. The lowest BCUT2D eigenvalue weighted by atomic mass is 10.0. The number of ether oxygens (including phenoxy) is 1. The van der Waals surface area contributed by atoms with Gasteiger partial charge in [0.2, 0.25) is 10.0 Å². The monoisotopic (exact) mass is 400 g/mol. The van der Waals surface area contributed by atoms with Crippen LogP contribution in [0.15, 0.2) is 64.6 Å². The molecule has 0 saturated carbocycles. The first-order chi connectivity index (χ1) is 13.3. The van der Waals surface area contributed by atoms with Crippen molar-refractivity contribution in [3.63, 3.8) is 0 Å². The van der Waals surface area contributed by atoms with Crippen LogP contribution in [0.25, 0.3) is 10.8 Å². The quantitative estimate of drug-likeness (QED) is 0.371. The number of hydrogen-bond donors (Lipinski definition) is 2. The van der Waals surface area contributed by atoms with E-state index in [2.05, 4.69) is 10.5 Å². The number of hydrogen-bond acceptors (Lipinski definition) is 7. The van der Waals surface area contributed by atoms with Crippen molar-refractivity contribution in [2.24, 2.45) is 10.2 Å². The molecule has 3 N–H and O–H groups in total. The summed E-state index contributed by atoms with van der Waals surface area (Å²) in [6, 6.07) is 14.6. The number of primary sulfonamides is 1. The summed E-state index contributed by atoms with van der Waals surface area (Å²) >= 11 is 0. The minimum absolute atomic E-state index is 0.0212. The van der Waals surface area contributed by atoms with E-state index in [-0.39, 0.29) is 10.6 Å². The van der Waals surface area contributed by atoms with Gasteiger partial charge < -0.3 is 4.74 Å². The minimum atomic E-state index is -4.06. The van der Waals surface area contributed by atoms with E-state index in [1.807, 2.05) is 30.3 Å². The molecule has 0 aliphatic carbocycles. The second-order valence-corrected chi connectivity index (χ2v) is 7.32. The number of nitro benzene ring substituents is 1. The van der Waals surface area contributed by atoms with E-state index in [1.165, 1.54) is 25.5 Å². The van der Waals surface area contributed by atoms with Crippen molar-refractivity contribution >= 4 is 38.4 Å². The van der Waals surface area contributed by atoms with Crippen LogP contribution in [0.5, 0.6) is 5.75 Å². The zero-order valence-electron chi connectivity index (χ0n) is 14.7. The van der Waals surface area contributed by atoms with Crippen LogP contribution in [0.4, 0.5) is 11.4 Å². The van der Waals surface area contributed by atoms with Crippen molar-refractivity contribution < 1.29 is 18.1 Å². The van der Waals surface area contributed by atoms with Gasteiger partial charge in [-0.1, -0.05) is 30.3 Å². The Bertz CT molecular complexity index is 1190. The fraction of sp³-hybridized carbons (Fsp3) is 0.0556. The van der Waals surface area contributed by atoms with E-state index in [9.17, 15) is 18.5 Å². The Kier molecular flexibility index (Phi) is 5.25. The maximum atomic E-state index is 11.4. The molecule has 0 radical (unpaired) electrons. The van der Waals surface area contributed by atoms with Crippen LogP contribution < -0.4 is 15.3 Å². The zero-order chi connectivity index (χ0) is 20.3. The summed E-state index contributed by atoms with van der Waals surface area (Å²) < 4.78 is 28.2. The number of fused-ring (bicyclic) bond motifs is 1. The van der Waals surface area contributed by atoms with Crippen LogP contribution in [0.1, 0.15) is 5.56 Å². The summed E-state index contributed by atoms with van der Waals surface area (Å²) in [5.41, 5.74) is 2.82. The molecule has 0 bridgehead atoms. The molecule has 10 heteroatoms. The number of nitrogens with one attached hydrogen (secondary N) is 1. The number of nitrogens with two attached hydrogens (primary N) is 1. The van der Waals surface area contributed by atoms with Crippen LogP contribution in [0.3, 0.4) is 0 Å². The van der Waals surface area contributed by atoms with Gasteiger partial charge in [0, 0.05) is 11.6 Å². The lowest BCUT2D eigenvalue weighted by Crippen LogP contribution is -2.12. The number of rotatable bonds is 6. The molecule has 0 aliphatic heterocycles. The number of benzene rings is 3. The molecular formula is C18H16N4O5S. The fourth-order valence-corrected chi connectivity index (χ4v) is 3.22. The Morgan fingerprint density at radius 2 is 1.93 bits per heavy atom. The van der Waals surface area contributed by atoms with Crippen molar-refractivity contribution in [3.8, 4) is 5.75 Å². The normalized spacial score (nSPS) is 11.6. The number of sulfonamides is 1. The first-order valence-corrected chi connectivity index (χ1v) is 9.52. The molecule has 3 aromatic carbocycles. The lowest BCUT2D eigenvalue weighted by molar-refractivity contribution is -0.384. The third kappa shape index (κ3) is 3.92. The number of anilines is 1. The van der Waals surface area contributed by atoms with Gasteiger partial charge in [0.1, 0.15) is 11.4 Å². The highest BCUT2D eigenvalue weighted by Crippen LogP contribution is 2.28. The van der Waals surface area contributed by atoms with Crippen molar-refractivity contribution in [1.29, 1.82) is 0 Å². The highest BCUT2D eigenvalue weighted by Gasteiger charge is 2.18. The molecule has 0 aliphatic rings. The molecule has 28 heavy (non-hydrogen) atoms. The third-order valence-corrected chi connectivity index (χ3v) is 4.93. The standard InChI is InChI=1S/C18H16N4O5S/c1-27-18-9-6-12-4-2-3-5-14(12)15(18)11-20-21-16-8-7-13(28(19,25)26)10-17(16)22(23)24/h2-11,21H,1H3,(H2,19,25,26). The summed E-state index contributed by atoms with van der Waals surface area (Å²) in [5.74, 6) is 0.586. The molecule has 3 aromatic rings. The van der Waals surface area contributed by atoms with Crippen LogP contribution in [0.2, 0.25) is 0 Å². The van der Waals surface area contributed by atoms with Gasteiger partial charge in [0.05, 0.1) is 23.1 Å². The summed E-state index contributed by atoms with van der Waals surface area (Å²) in [7, 11) is -2.53. The number of methoxy groups -OCH3 is 1. The highest BCUT2D eigenvalue weighted by molar-refractivity contribution is 7.89. The van der Waals surface area contributed by atoms with Crippen LogP contribution in [-0.4, -0.2) is 26.7 Å². The average molecular weight is 400 g/mol. The predicted molar refractivity (Wildman–Crippen MR) is 106 cm³/mol. The Balaban J connectivity index is 1.98. The largest absolute Gasteiger partial charge is 0.496 e. The Hall–Kier alpha value is -3.50. The predicted octanol–water partition coefficient (Wildman–Crippen LogP) is 2.85. The van der Waals surface area contributed by atoms with Crippen LogP contribution in [-0.2, 0) is 10.0 Å². The zero-order valence-corrected chi connectivity index (χ0v) is 15.5. The summed E-state index contributed by atoms with van der Waals surface area (Å²) in [6.07, 6.45) is 1.48. The van der Waals surface area contributed by atoms with Gasteiger partial charge in [0.15, 0.2) is 0 Å². The van der Waals surface area contributed by atoms with E-state index in [0.29, 0.717) is 11.3 Å². The molecule has 0 fully saturated rings. The van der Waals surface area contributed by atoms with Gasteiger partial charge in [-0.25, -0.2) is 13.6 Å². The molecule has 0 unspecified atom stereocenters. The smallest absolute Gasteiger partial charge is 0.295 e. The highest BCUT2D eigenvalue weighted by atomic mass is 32.2. The Morgan fingerprint density at radius 3 is 2.61 bits per heavy atom. The van der Waals surface area contributed by atoms with Crippen molar-refractivity contribution in [1.82, 2.24) is 0 Å². The molecule has 0 heterocycles. The number of hydrazone groups is 1. The molecule has 9 nitrogen and oxygen atoms in total. The second kappa shape index (κ2) is 7.62. The van der Waals surface area contributed by atoms with Gasteiger partial charge in [-0.15, -0.1) is 0 Å². The van der Waals surface area contributed by atoms with E-state index >= 15 is 0 Å². The van der Waals surface area contributed by atoms with E-state index < -0.39 is 20.6 Å². The molecule has 0 saturated heterocycles. The van der Waals surface area contributed by atoms with Gasteiger partial charge in [-0.3, -0.25) is 15.5 Å². The van der Waals surface area contributed by atoms with Gasteiger partial charge in [0.25, 0.3) is 5.69 Å². The summed E-state index contributed by atoms with van der Waals surface area (Å²) in [4.78, 5) is 10.2. The van der Waals surface area contributed by atoms with Crippen molar-refractivity contribution in [2.45, 2.75) is 4.90 Å². The fourth-order valence-electron chi connectivity index (χ4n) is 2.69. The van der Waals surface area contributed by atoms with Crippen molar-refractivity contribution in [2.75, 3.05) is 12.5 Å². The van der Waals surface area contributed by atoms with E-state index in [4.69, 9.17) is 9.88 Å².